The molecule has 0 aromatic rings. The minimum atomic E-state index is -0.631. The Morgan fingerprint density at radius 2 is 2.44 bits per heavy atom. The number of amidine groups is 1. The third-order valence-corrected chi connectivity index (χ3v) is 0.979. The van der Waals surface area contributed by atoms with Crippen LogP contribution < -0.4 is 5.73 Å². The molecule has 1 aliphatic rings. The Hall–Kier alpha value is -1.03. The number of carbonyl (C=O) groups is 1. The second-order valence-electron chi connectivity index (χ2n) is 1.80. The van der Waals surface area contributed by atoms with Crippen LogP contribution in [0.25, 0.3) is 0 Å². The SMILES string of the molecule is CC1=NC(=O)[C@@H](N)C=N1. The van der Waals surface area contributed by atoms with Gasteiger partial charge in [0, 0.05) is 6.21 Å². The molecule has 4 nitrogen and oxygen atoms in total. The van der Waals surface area contributed by atoms with E-state index in [1.54, 1.807) is 6.92 Å². The summed E-state index contributed by atoms with van der Waals surface area (Å²) < 4.78 is 0. The van der Waals surface area contributed by atoms with Gasteiger partial charge < -0.3 is 5.73 Å². The molecule has 0 fully saturated rings. The third-order valence-electron chi connectivity index (χ3n) is 0.979. The van der Waals surface area contributed by atoms with Crippen molar-refractivity contribution >= 4 is 18.0 Å². The first kappa shape index (κ1) is 6.10. The molecule has 0 aliphatic carbocycles. The highest BCUT2D eigenvalue weighted by Crippen LogP contribution is 1.91. The van der Waals surface area contributed by atoms with E-state index < -0.39 is 6.04 Å². The second-order valence-corrected chi connectivity index (χ2v) is 1.80. The van der Waals surface area contributed by atoms with Crippen LogP contribution in [0.15, 0.2) is 9.98 Å². The lowest BCUT2D eigenvalue weighted by atomic mass is 10.3. The maximum Gasteiger partial charge on any atom is 0.269 e. The lowest BCUT2D eigenvalue weighted by Gasteiger charge is -2.04. The summed E-state index contributed by atoms with van der Waals surface area (Å²) in [5, 5.41) is 0. The average Bonchev–Trinajstić information content (AvgIpc) is 1.80. The van der Waals surface area contributed by atoms with E-state index >= 15 is 0 Å². The lowest BCUT2D eigenvalue weighted by Crippen LogP contribution is -2.33. The normalized spacial score (nSPS) is 26.2. The molecule has 9 heavy (non-hydrogen) atoms. The summed E-state index contributed by atoms with van der Waals surface area (Å²) >= 11 is 0. The van der Waals surface area contributed by atoms with Crippen LogP contribution in [0, 0.1) is 0 Å². The number of hydrogen-bond acceptors (Lipinski definition) is 3. The van der Waals surface area contributed by atoms with Gasteiger partial charge in [0.2, 0.25) is 0 Å². The van der Waals surface area contributed by atoms with Gasteiger partial charge in [0.15, 0.2) is 0 Å². The molecule has 1 rings (SSSR count). The fraction of sp³-hybridized carbons (Fsp3) is 0.400. The highest BCUT2D eigenvalue weighted by molar-refractivity contribution is 6.10. The minimum Gasteiger partial charge on any atom is -0.315 e. The number of aliphatic imine (C=N–C) groups is 2. The molecule has 0 unspecified atom stereocenters. The maximum absolute atomic E-state index is 10.6. The van der Waals surface area contributed by atoms with Crippen molar-refractivity contribution in [2.45, 2.75) is 13.0 Å². The monoisotopic (exact) mass is 125 g/mol. The zero-order chi connectivity index (χ0) is 6.85. The van der Waals surface area contributed by atoms with E-state index in [1.165, 1.54) is 6.21 Å². The van der Waals surface area contributed by atoms with Gasteiger partial charge in [0.25, 0.3) is 5.91 Å². The summed E-state index contributed by atoms with van der Waals surface area (Å²) in [5.74, 6) is 0.157. The van der Waals surface area contributed by atoms with Crippen LogP contribution in [0.3, 0.4) is 0 Å². The van der Waals surface area contributed by atoms with Crippen molar-refractivity contribution in [1.29, 1.82) is 0 Å². The number of carbonyl (C=O) groups excluding carboxylic acids is 1. The van der Waals surface area contributed by atoms with Crippen molar-refractivity contribution in [2.75, 3.05) is 0 Å². The van der Waals surface area contributed by atoms with Gasteiger partial charge in [-0.3, -0.25) is 4.79 Å². The molecule has 1 heterocycles. The summed E-state index contributed by atoms with van der Waals surface area (Å²) in [7, 11) is 0. The molecule has 0 aromatic carbocycles. The molecule has 48 valence electrons. The Balaban J connectivity index is 2.82. The van der Waals surface area contributed by atoms with Gasteiger partial charge in [0.1, 0.15) is 11.9 Å². The first-order chi connectivity index (χ1) is 4.20. The number of hydrogen-bond donors (Lipinski definition) is 1. The average molecular weight is 125 g/mol. The van der Waals surface area contributed by atoms with Crippen molar-refractivity contribution in [3.63, 3.8) is 0 Å². The van der Waals surface area contributed by atoms with Crippen molar-refractivity contribution in [2.24, 2.45) is 15.7 Å². The molecule has 1 amide bonds. The van der Waals surface area contributed by atoms with Gasteiger partial charge in [0.05, 0.1) is 0 Å². The summed E-state index contributed by atoms with van der Waals surface area (Å²) in [6.07, 6.45) is 1.39. The van der Waals surface area contributed by atoms with E-state index in [0.29, 0.717) is 5.84 Å². The fourth-order valence-corrected chi connectivity index (χ4v) is 0.515. The van der Waals surface area contributed by atoms with Crippen LogP contribution in [0.2, 0.25) is 0 Å². The summed E-state index contributed by atoms with van der Waals surface area (Å²) in [6, 6.07) is -0.631. The number of rotatable bonds is 0. The predicted octanol–water partition coefficient (Wildman–Crippen LogP) is -0.657. The smallest absolute Gasteiger partial charge is 0.269 e. The lowest BCUT2D eigenvalue weighted by molar-refractivity contribution is -0.117. The van der Waals surface area contributed by atoms with Gasteiger partial charge in [-0.2, -0.15) is 4.99 Å². The Kier molecular flexibility index (Phi) is 1.40. The first-order valence-corrected chi connectivity index (χ1v) is 2.59. The Bertz CT molecular complexity index is 194. The van der Waals surface area contributed by atoms with Crippen LogP contribution in [0.1, 0.15) is 6.92 Å². The number of amides is 1. The second kappa shape index (κ2) is 2.06. The van der Waals surface area contributed by atoms with Crippen molar-refractivity contribution in [1.82, 2.24) is 0 Å². The van der Waals surface area contributed by atoms with Crippen LogP contribution >= 0.6 is 0 Å². The Morgan fingerprint density at radius 1 is 1.78 bits per heavy atom. The third kappa shape index (κ3) is 1.20. The van der Waals surface area contributed by atoms with Crippen molar-refractivity contribution < 1.29 is 4.79 Å². The topological polar surface area (TPSA) is 67.8 Å². The fourth-order valence-electron chi connectivity index (χ4n) is 0.515. The van der Waals surface area contributed by atoms with Gasteiger partial charge in [-0.25, -0.2) is 4.99 Å². The number of nitrogens with two attached hydrogens (primary N) is 1. The van der Waals surface area contributed by atoms with E-state index in [0.717, 1.165) is 0 Å². The molecule has 1 atom stereocenters. The predicted molar refractivity (Wildman–Crippen MR) is 34.6 cm³/mol. The van der Waals surface area contributed by atoms with E-state index in [2.05, 4.69) is 9.98 Å². The molecule has 1 aliphatic heterocycles. The van der Waals surface area contributed by atoms with Gasteiger partial charge >= 0.3 is 0 Å². The molecule has 0 radical (unpaired) electrons. The van der Waals surface area contributed by atoms with Gasteiger partial charge in [-0.15, -0.1) is 0 Å². The van der Waals surface area contributed by atoms with Crippen LogP contribution in [-0.4, -0.2) is 24.0 Å². The molecule has 0 saturated carbocycles. The molecule has 0 aromatic heterocycles. The Morgan fingerprint density at radius 3 is 2.89 bits per heavy atom. The molecule has 0 spiro atoms. The highest BCUT2D eigenvalue weighted by Gasteiger charge is 2.12. The first-order valence-electron chi connectivity index (χ1n) is 2.59. The zero-order valence-electron chi connectivity index (χ0n) is 5.03. The van der Waals surface area contributed by atoms with Crippen LogP contribution in [-0.2, 0) is 4.79 Å². The molecule has 2 N–H and O–H groups in total. The number of nitrogens with zero attached hydrogens (tertiary/aromatic N) is 2. The van der Waals surface area contributed by atoms with E-state index in [4.69, 9.17) is 5.73 Å². The zero-order valence-corrected chi connectivity index (χ0v) is 5.03. The summed E-state index contributed by atoms with van der Waals surface area (Å²) in [6.45, 7) is 1.65. The van der Waals surface area contributed by atoms with Crippen molar-refractivity contribution in [3.05, 3.63) is 0 Å². The largest absolute Gasteiger partial charge is 0.315 e. The summed E-state index contributed by atoms with van der Waals surface area (Å²) in [5.41, 5.74) is 5.23. The van der Waals surface area contributed by atoms with E-state index in [-0.39, 0.29) is 5.91 Å². The van der Waals surface area contributed by atoms with E-state index in [9.17, 15) is 4.79 Å². The van der Waals surface area contributed by atoms with Crippen molar-refractivity contribution in [3.8, 4) is 0 Å². The minimum absolute atomic E-state index is 0.317. The quantitative estimate of drug-likeness (QED) is 0.467. The molecule has 0 bridgehead atoms. The molecule has 0 saturated heterocycles. The maximum atomic E-state index is 10.6. The standard InChI is InChI=1S/C5H7N3O/c1-3-7-2-4(6)5(9)8-3/h2,4H,6H2,1H3/t4-/m0/s1. The molecular weight excluding hydrogens is 118 g/mol. The Labute approximate surface area is 52.5 Å². The molecule has 4 heteroatoms. The van der Waals surface area contributed by atoms with Gasteiger partial charge in [-0.05, 0) is 6.92 Å². The highest BCUT2D eigenvalue weighted by atomic mass is 16.1. The summed E-state index contributed by atoms with van der Waals surface area (Å²) in [4.78, 5) is 17.9. The van der Waals surface area contributed by atoms with Crippen LogP contribution in [0.4, 0.5) is 0 Å². The van der Waals surface area contributed by atoms with E-state index in [1.807, 2.05) is 0 Å². The van der Waals surface area contributed by atoms with Gasteiger partial charge in [-0.1, -0.05) is 0 Å². The van der Waals surface area contributed by atoms with Crippen LogP contribution in [0.5, 0.6) is 0 Å². The molecular formula is C5H7N3O.